The number of carbonyl (C=O) groups excluding carboxylic acids is 4. The van der Waals surface area contributed by atoms with Crippen LogP contribution in [0.25, 0.3) is 5.70 Å². The van der Waals surface area contributed by atoms with Gasteiger partial charge in [-0.2, -0.15) is 0 Å². The van der Waals surface area contributed by atoms with Gasteiger partial charge in [0.25, 0.3) is 17.7 Å². The number of Topliss-reactive ketones (excluding diaryl/α,β-unsaturated/α-hetero) is 1. The second-order valence-corrected chi connectivity index (χ2v) is 11.4. The standard InChI is InChI=1S/C32H38N4O6/c1-20(2)27-31(40)36(24(22-13-9-7-10-14-22)17-35(27)25(38)18-41-6)28(29(39)30-34-32(4,5)19-42-30)26(33-21(3)37)23-15-11-8-12-16-23/h7-17,20,26-28H,18-19H2,1-6H3,(H,33,37)/t26?,27-,28-/m0/s1. The minimum Gasteiger partial charge on any atom is -0.473 e. The highest BCUT2D eigenvalue weighted by Gasteiger charge is 2.49. The maximum Gasteiger partial charge on any atom is 0.256 e. The number of aliphatic imine (C=N–C) groups is 1. The number of hydrogen-bond donors (Lipinski definition) is 1. The molecule has 0 bridgehead atoms. The third-order valence-corrected chi connectivity index (χ3v) is 7.12. The highest BCUT2D eigenvalue weighted by molar-refractivity contribution is 6.39. The van der Waals surface area contributed by atoms with Gasteiger partial charge in [0.2, 0.25) is 11.7 Å². The Labute approximate surface area is 246 Å². The number of ether oxygens (including phenoxy) is 2. The third kappa shape index (κ3) is 6.44. The van der Waals surface area contributed by atoms with E-state index in [1.54, 1.807) is 54.7 Å². The van der Waals surface area contributed by atoms with Gasteiger partial charge >= 0.3 is 0 Å². The average Bonchev–Trinajstić information content (AvgIpc) is 3.33. The molecule has 222 valence electrons. The zero-order valence-corrected chi connectivity index (χ0v) is 24.9. The van der Waals surface area contributed by atoms with E-state index in [1.165, 1.54) is 23.8 Å². The van der Waals surface area contributed by atoms with Crippen LogP contribution >= 0.6 is 0 Å². The first-order valence-electron chi connectivity index (χ1n) is 13.9. The first kappa shape index (κ1) is 30.6. The van der Waals surface area contributed by atoms with Gasteiger partial charge in [-0.25, -0.2) is 4.99 Å². The molecule has 3 amide bonds. The van der Waals surface area contributed by atoms with Gasteiger partial charge in [-0.1, -0.05) is 74.5 Å². The Morgan fingerprint density at radius 2 is 1.69 bits per heavy atom. The summed E-state index contributed by atoms with van der Waals surface area (Å²) in [6.45, 7) is 8.69. The van der Waals surface area contributed by atoms with Gasteiger partial charge in [0.05, 0.1) is 17.3 Å². The van der Waals surface area contributed by atoms with Crippen molar-refractivity contribution in [3.63, 3.8) is 0 Å². The molecule has 2 aliphatic rings. The largest absolute Gasteiger partial charge is 0.473 e. The second-order valence-electron chi connectivity index (χ2n) is 11.4. The van der Waals surface area contributed by atoms with Crippen LogP contribution in [0.2, 0.25) is 0 Å². The molecule has 0 saturated carbocycles. The van der Waals surface area contributed by atoms with Crippen molar-refractivity contribution in [2.45, 2.75) is 58.3 Å². The Balaban J connectivity index is 2.00. The van der Waals surface area contributed by atoms with Crippen LogP contribution in [0.1, 0.15) is 51.8 Å². The molecule has 2 aliphatic heterocycles. The molecule has 2 aromatic carbocycles. The molecule has 0 fully saturated rings. The summed E-state index contributed by atoms with van der Waals surface area (Å²) in [6.07, 6.45) is 1.60. The SMILES string of the molecule is COCC(=O)N1C=C(c2ccccc2)N([C@H](C(=O)C2=NC(C)(C)CO2)C(NC(C)=O)c2ccccc2)C(=O)[C@@H]1C(C)C. The van der Waals surface area contributed by atoms with Crippen molar-refractivity contribution in [2.75, 3.05) is 20.3 Å². The molecule has 4 rings (SSSR count). The fourth-order valence-corrected chi connectivity index (χ4v) is 5.27. The summed E-state index contributed by atoms with van der Waals surface area (Å²) in [5.74, 6) is -2.25. The lowest BCUT2D eigenvalue weighted by atomic mass is 9.89. The molecule has 0 aromatic heterocycles. The van der Waals surface area contributed by atoms with Crippen LogP contribution in [0.5, 0.6) is 0 Å². The Hall–Kier alpha value is -4.31. The monoisotopic (exact) mass is 574 g/mol. The van der Waals surface area contributed by atoms with E-state index < -0.39 is 41.3 Å². The maximum atomic E-state index is 14.7. The molecule has 10 nitrogen and oxygen atoms in total. The molecule has 1 unspecified atom stereocenters. The molecule has 2 heterocycles. The highest BCUT2D eigenvalue weighted by Crippen LogP contribution is 2.36. The number of hydrogen-bond acceptors (Lipinski definition) is 7. The van der Waals surface area contributed by atoms with Crippen LogP contribution in [-0.2, 0) is 28.7 Å². The van der Waals surface area contributed by atoms with Crippen molar-refractivity contribution in [2.24, 2.45) is 10.9 Å². The number of benzene rings is 2. The maximum absolute atomic E-state index is 14.7. The van der Waals surface area contributed by atoms with Gasteiger partial charge in [-0.15, -0.1) is 0 Å². The molecule has 0 aliphatic carbocycles. The molecule has 0 radical (unpaired) electrons. The first-order chi connectivity index (χ1) is 19.9. The van der Waals surface area contributed by atoms with Crippen LogP contribution < -0.4 is 5.32 Å². The Bertz CT molecular complexity index is 1390. The van der Waals surface area contributed by atoms with E-state index in [1.807, 2.05) is 39.8 Å². The number of nitrogens with one attached hydrogen (secondary N) is 1. The summed E-state index contributed by atoms with van der Waals surface area (Å²) in [4.78, 5) is 62.4. The topological polar surface area (TPSA) is 118 Å². The zero-order valence-electron chi connectivity index (χ0n) is 24.9. The van der Waals surface area contributed by atoms with Gasteiger partial charge in [0.1, 0.15) is 25.3 Å². The average molecular weight is 575 g/mol. The van der Waals surface area contributed by atoms with E-state index in [9.17, 15) is 19.2 Å². The van der Waals surface area contributed by atoms with Gasteiger partial charge in [0, 0.05) is 20.2 Å². The number of carbonyl (C=O) groups is 4. The minimum atomic E-state index is -1.29. The molecule has 10 heteroatoms. The van der Waals surface area contributed by atoms with E-state index in [0.717, 1.165) is 0 Å². The molecule has 42 heavy (non-hydrogen) atoms. The Kier molecular flexibility index (Phi) is 9.26. The zero-order chi connectivity index (χ0) is 30.6. The molecular formula is C32H38N4O6. The molecule has 0 saturated heterocycles. The first-order valence-corrected chi connectivity index (χ1v) is 13.9. The molecule has 3 atom stereocenters. The van der Waals surface area contributed by atoms with E-state index in [2.05, 4.69) is 10.3 Å². The predicted octanol–water partition coefficient (Wildman–Crippen LogP) is 3.35. The normalized spacial score (nSPS) is 19.5. The molecule has 2 aromatic rings. The van der Waals surface area contributed by atoms with Crippen LogP contribution in [0.4, 0.5) is 0 Å². The van der Waals surface area contributed by atoms with Gasteiger partial charge < -0.3 is 19.7 Å². The van der Waals surface area contributed by atoms with E-state index >= 15 is 0 Å². The molecule has 1 N–H and O–H groups in total. The molecule has 0 spiro atoms. The van der Waals surface area contributed by atoms with Crippen LogP contribution in [-0.4, -0.2) is 77.1 Å². The fourth-order valence-electron chi connectivity index (χ4n) is 5.27. The highest BCUT2D eigenvalue weighted by atomic mass is 16.5. The van der Waals surface area contributed by atoms with Crippen molar-refractivity contribution in [1.29, 1.82) is 0 Å². The number of methoxy groups -OCH3 is 1. The lowest BCUT2D eigenvalue weighted by Gasteiger charge is -2.45. The van der Waals surface area contributed by atoms with Crippen molar-refractivity contribution < 1.29 is 28.7 Å². The number of nitrogens with zero attached hydrogens (tertiary/aromatic N) is 3. The van der Waals surface area contributed by atoms with Crippen molar-refractivity contribution in [1.82, 2.24) is 15.1 Å². The summed E-state index contributed by atoms with van der Waals surface area (Å²) in [5, 5.41) is 2.92. The van der Waals surface area contributed by atoms with Gasteiger partial charge in [0.15, 0.2) is 0 Å². The Morgan fingerprint density at radius 3 is 2.21 bits per heavy atom. The van der Waals surface area contributed by atoms with E-state index in [4.69, 9.17) is 9.47 Å². The van der Waals surface area contributed by atoms with Crippen molar-refractivity contribution in [3.8, 4) is 0 Å². The Morgan fingerprint density at radius 1 is 1.07 bits per heavy atom. The summed E-state index contributed by atoms with van der Waals surface area (Å²) in [5.41, 5.74) is 0.900. The summed E-state index contributed by atoms with van der Waals surface area (Å²) < 4.78 is 10.9. The van der Waals surface area contributed by atoms with Crippen LogP contribution in [0.3, 0.4) is 0 Å². The van der Waals surface area contributed by atoms with E-state index in [0.29, 0.717) is 16.8 Å². The summed E-state index contributed by atoms with van der Waals surface area (Å²) in [7, 11) is 1.42. The number of rotatable bonds is 10. The van der Waals surface area contributed by atoms with Gasteiger partial charge in [-0.05, 0) is 30.9 Å². The summed E-state index contributed by atoms with van der Waals surface area (Å²) in [6, 6.07) is 14.9. The van der Waals surface area contributed by atoms with Crippen LogP contribution in [0, 0.1) is 5.92 Å². The molecular weight excluding hydrogens is 536 g/mol. The fraction of sp³-hybridized carbons (Fsp3) is 0.406. The minimum absolute atomic E-state index is 0.115. The number of amides is 3. The predicted molar refractivity (Wildman–Crippen MR) is 158 cm³/mol. The summed E-state index contributed by atoms with van der Waals surface area (Å²) >= 11 is 0. The quantitative estimate of drug-likeness (QED) is 0.465. The number of ketones is 1. The van der Waals surface area contributed by atoms with Crippen LogP contribution in [0.15, 0.2) is 71.9 Å². The lowest BCUT2D eigenvalue weighted by molar-refractivity contribution is -0.149. The van der Waals surface area contributed by atoms with Crippen molar-refractivity contribution in [3.05, 3.63) is 78.0 Å². The van der Waals surface area contributed by atoms with E-state index in [-0.39, 0.29) is 30.9 Å². The second kappa shape index (κ2) is 12.7. The smallest absolute Gasteiger partial charge is 0.256 e. The van der Waals surface area contributed by atoms with Gasteiger partial charge in [-0.3, -0.25) is 24.1 Å². The third-order valence-electron chi connectivity index (χ3n) is 7.12. The van der Waals surface area contributed by atoms with Crippen molar-refractivity contribution >= 4 is 35.1 Å². The lowest BCUT2D eigenvalue weighted by Crippen LogP contribution is -2.62.